The van der Waals surface area contributed by atoms with Crippen LogP contribution < -0.4 is 4.74 Å². The Labute approximate surface area is 194 Å². The van der Waals surface area contributed by atoms with Crippen LogP contribution in [0.5, 0.6) is 5.75 Å². The Kier molecular flexibility index (Phi) is 7.42. The molecule has 0 bridgehead atoms. The molecule has 8 heteroatoms. The Balaban J connectivity index is 1.50. The van der Waals surface area contributed by atoms with Crippen LogP contribution in [0.2, 0.25) is 0 Å². The molecule has 0 spiro atoms. The summed E-state index contributed by atoms with van der Waals surface area (Å²) >= 11 is 1.64. The van der Waals surface area contributed by atoms with Crippen LogP contribution in [0, 0.1) is 0 Å². The number of benzene rings is 1. The summed E-state index contributed by atoms with van der Waals surface area (Å²) in [4.78, 5) is 36.3. The monoisotopic (exact) mass is 456 g/mol. The molecule has 2 aliphatic heterocycles. The maximum absolute atomic E-state index is 13.2. The van der Waals surface area contributed by atoms with Gasteiger partial charge < -0.3 is 19.4 Å². The van der Waals surface area contributed by atoms with E-state index in [0.717, 1.165) is 36.6 Å². The van der Waals surface area contributed by atoms with Crippen molar-refractivity contribution in [3.63, 3.8) is 0 Å². The quantitative estimate of drug-likeness (QED) is 0.692. The number of hydrogen-bond acceptors (Lipinski definition) is 6. The number of hydrogen-bond donors (Lipinski definition) is 0. The van der Waals surface area contributed by atoms with Crippen molar-refractivity contribution >= 4 is 23.2 Å². The van der Waals surface area contributed by atoms with Gasteiger partial charge in [0.25, 0.3) is 5.91 Å². The molecule has 32 heavy (non-hydrogen) atoms. The summed E-state index contributed by atoms with van der Waals surface area (Å²) in [5.74, 6) is 1.14. The van der Waals surface area contributed by atoms with Gasteiger partial charge in [-0.3, -0.25) is 9.59 Å². The lowest BCUT2D eigenvalue weighted by atomic mass is 9.94. The van der Waals surface area contributed by atoms with Crippen LogP contribution in [-0.2, 0) is 9.59 Å². The van der Waals surface area contributed by atoms with Crippen molar-refractivity contribution in [1.29, 1.82) is 0 Å². The second-order valence-corrected chi connectivity index (χ2v) is 9.58. The minimum atomic E-state index is -0.128. The van der Waals surface area contributed by atoms with Gasteiger partial charge in [0, 0.05) is 37.9 Å². The first-order chi connectivity index (χ1) is 15.5. The minimum absolute atomic E-state index is 0.0201. The van der Waals surface area contributed by atoms with Crippen molar-refractivity contribution in [2.24, 2.45) is 0 Å². The van der Waals surface area contributed by atoms with Crippen molar-refractivity contribution in [2.45, 2.75) is 38.1 Å². The third-order valence-electron chi connectivity index (χ3n) is 6.49. The van der Waals surface area contributed by atoms with E-state index in [1.165, 1.54) is 0 Å². The van der Waals surface area contributed by atoms with Gasteiger partial charge in [-0.05, 0) is 51.5 Å². The van der Waals surface area contributed by atoms with Crippen LogP contribution in [0.15, 0.2) is 35.7 Å². The highest BCUT2D eigenvalue weighted by Crippen LogP contribution is 2.34. The molecule has 2 aromatic rings. The molecule has 1 unspecified atom stereocenters. The molecule has 0 aliphatic carbocycles. The predicted octanol–water partition coefficient (Wildman–Crippen LogP) is 3.15. The van der Waals surface area contributed by atoms with E-state index in [0.29, 0.717) is 37.7 Å². The fourth-order valence-corrected chi connectivity index (χ4v) is 5.54. The molecule has 4 rings (SSSR count). The van der Waals surface area contributed by atoms with Crippen molar-refractivity contribution in [3.8, 4) is 5.75 Å². The van der Waals surface area contributed by atoms with E-state index in [1.807, 2.05) is 40.1 Å². The highest BCUT2D eigenvalue weighted by atomic mass is 32.1. The number of ether oxygens (including phenoxy) is 1. The highest BCUT2D eigenvalue weighted by Gasteiger charge is 2.32. The Morgan fingerprint density at radius 3 is 2.53 bits per heavy atom. The average Bonchev–Trinajstić information content (AvgIpc) is 3.17. The van der Waals surface area contributed by atoms with Gasteiger partial charge in [0.05, 0.1) is 11.7 Å². The molecule has 0 N–H and O–H groups in total. The van der Waals surface area contributed by atoms with Gasteiger partial charge >= 0.3 is 0 Å². The number of likely N-dealkylation sites (tertiary alicyclic amines) is 1. The van der Waals surface area contributed by atoms with Crippen LogP contribution in [-0.4, -0.2) is 77.9 Å². The van der Waals surface area contributed by atoms with Gasteiger partial charge in [0.2, 0.25) is 5.91 Å². The number of amides is 2. The predicted molar refractivity (Wildman–Crippen MR) is 125 cm³/mol. The molecule has 0 saturated carbocycles. The maximum atomic E-state index is 13.2. The van der Waals surface area contributed by atoms with Crippen molar-refractivity contribution in [3.05, 3.63) is 46.4 Å². The normalized spacial score (nSPS) is 20.8. The highest BCUT2D eigenvalue weighted by molar-refractivity contribution is 7.09. The lowest BCUT2D eigenvalue weighted by Gasteiger charge is -2.29. The first-order valence-corrected chi connectivity index (χ1v) is 12.3. The lowest BCUT2D eigenvalue weighted by Crippen LogP contribution is -2.40. The van der Waals surface area contributed by atoms with Crippen LogP contribution >= 0.6 is 11.3 Å². The summed E-state index contributed by atoms with van der Waals surface area (Å²) in [5, 5.41) is 3.14. The van der Waals surface area contributed by atoms with Gasteiger partial charge in [0.1, 0.15) is 10.8 Å². The molecule has 2 saturated heterocycles. The molecule has 2 fully saturated rings. The number of aromatic nitrogens is 1. The summed E-state index contributed by atoms with van der Waals surface area (Å²) in [6, 6.07) is 9.26. The van der Waals surface area contributed by atoms with Gasteiger partial charge in [-0.2, -0.15) is 0 Å². The smallest absolute Gasteiger partial charge is 0.261 e. The molecule has 1 atom stereocenters. The van der Waals surface area contributed by atoms with Gasteiger partial charge in [-0.1, -0.05) is 18.2 Å². The van der Waals surface area contributed by atoms with Crippen molar-refractivity contribution in [2.75, 3.05) is 46.4 Å². The molecule has 3 heterocycles. The fourth-order valence-electron chi connectivity index (χ4n) is 4.49. The van der Waals surface area contributed by atoms with Crippen LogP contribution in [0.3, 0.4) is 0 Å². The second kappa shape index (κ2) is 10.4. The van der Waals surface area contributed by atoms with E-state index < -0.39 is 0 Å². The Morgan fingerprint density at radius 1 is 1.06 bits per heavy atom. The third-order valence-corrected chi connectivity index (χ3v) is 7.46. The minimum Gasteiger partial charge on any atom is -0.484 e. The molecule has 172 valence electrons. The third kappa shape index (κ3) is 5.48. The molecule has 1 aromatic heterocycles. The van der Waals surface area contributed by atoms with E-state index in [9.17, 15) is 9.59 Å². The number of para-hydroxylation sites is 1. The van der Waals surface area contributed by atoms with E-state index in [2.05, 4.69) is 17.3 Å². The first kappa shape index (κ1) is 22.7. The SMILES string of the molecule is CC(=O)N1CCC(c2nc(C3CCN(C)CC3)cs2)N(C(=O)COc2ccccc2)CC1. The molecule has 2 aliphatic rings. The van der Waals surface area contributed by atoms with Crippen molar-refractivity contribution < 1.29 is 14.3 Å². The standard InChI is InChI=1S/C24H32N4O3S/c1-18(29)27-13-10-22(24-25-21(17-32-24)19-8-11-26(2)12-9-19)28(15-14-27)23(30)16-31-20-6-4-3-5-7-20/h3-7,17,19,22H,8-16H2,1-2H3. The summed E-state index contributed by atoms with van der Waals surface area (Å²) in [6.07, 6.45) is 2.93. The Bertz CT molecular complexity index is 911. The molecular weight excluding hydrogens is 424 g/mol. The number of carbonyl (C=O) groups is 2. The number of rotatable bonds is 5. The number of nitrogens with zero attached hydrogens (tertiary/aromatic N) is 4. The lowest BCUT2D eigenvalue weighted by molar-refractivity contribution is -0.136. The number of thiazole rings is 1. The van der Waals surface area contributed by atoms with Crippen LogP contribution in [0.4, 0.5) is 0 Å². The van der Waals surface area contributed by atoms with E-state index in [1.54, 1.807) is 18.3 Å². The molecule has 2 amide bonds. The van der Waals surface area contributed by atoms with E-state index in [-0.39, 0.29) is 24.5 Å². The summed E-state index contributed by atoms with van der Waals surface area (Å²) in [7, 11) is 2.16. The largest absolute Gasteiger partial charge is 0.484 e. The first-order valence-electron chi connectivity index (χ1n) is 11.4. The van der Waals surface area contributed by atoms with Gasteiger partial charge in [-0.25, -0.2) is 4.98 Å². The fraction of sp³-hybridized carbons (Fsp3) is 0.542. The van der Waals surface area contributed by atoms with Gasteiger partial charge in [-0.15, -0.1) is 11.3 Å². The van der Waals surface area contributed by atoms with Crippen molar-refractivity contribution in [1.82, 2.24) is 19.7 Å². The molecule has 1 aromatic carbocycles. The molecule has 7 nitrogen and oxygen atoms in total. The second-order valence-electron chi connectivity index (χ2n) is 8.69. The number of piperidine rings is 1. The van der Waals surface area contributed by atoms with Gasteiger partial charge in [0.15, 0.2) is 6.61 Å². The van der Waals surface area contributed by atoms with E-state index in [4.69, 9.17) is 9.72 Å². The molecule has 0 radical (unpaired) electrons. The average molecular weight is 457 g/mol. The maximum Gasteiger partial charge on any atom is 0.261 e. The zero-order chi connectivity index (χ0) is 22.5. The van der Waals surface area contributed by atoms with Crippen LogP contribution in [0.25, 0.3) is 0 Å². The number of carbonyl (C=O) groups excluding carboxylic acids is 2. The topological polar surface area (TPSA) is 66.0 Å². The van der Waals surface area contributed by atoms with E-state index >= 15 is 0 Å². The Morgan fingerprint density at radius 2 is 1.81 bits per heavy atom. The zero-order valence-electron chi connectivity index (χ0n) is 18.9. The Hall–Kier alpha value is -2.45. The summed E-state index contributed by atoms with van der Waals surface area (Å²) in [5.41, 5.74) is 1.15. The zero-order valence-corrected chi connectivity index (χ0v) is 19.7. The summed E-state index contributed by atoms with van der Waals surface area (Å²) < 4.78 is 5.74. The van der Waals surface area contributed by atoms with Crippen LogP contribution in [0.1, 0.15) is 48.8 Å². The summed E-state index contributed by atoms with van der Waals surface area (Å²) in [6.45, 7) is 5.42. The molecular formula is C24H32N4O3S.